The van der Waals surface area contributed by atoms with Crippen LogP contribution in [-0.4, -0.2) is 35.3 Å². The first kappa shape index (κ1) is 14.5. The second-order valence-electron chi connectivity index (χ2n) is 8.07. The number of nitrogens with zero attached hydrogens (tertiary/aromatic N) is 1. The molecule has 0 aromatic carbocycles. The van der Waals surface area contributed by atoms with Gasteiger partial charge in [0.1, 0.15) is 0 Å². The molecule has 0 radical (unpaired) electrons. The van der Waals surface area contributed by atoms with Gasteiger partial charge in [-0.2, -0.15) is 0 Å². The summed E-state index contributed by atoms with van der Waals surface area (Å²) in [4.78, 5) is 26.8. The van der Waals surface area contributed by atoms with Crippen molar-refractivity contribution in [1.29, 1.82) is 0 Å². The van der Waals surface area contributed by atoms with E-state index in [1.807, 2.05) is 0 Å². The zero-order chi connectivity index (χ0) is 15.3. The zero-order valence-electron chi connectivity index (χ0n) is 13.6. The molecule has 3 aliphatic carbocycles. The highest BCUT2D eigenvalue weighted by atomic mass is 16.2. The third-order valence-electron chi connectivity index (χ3n) is 6.62. The zero-order valence-corrected chi connectivity index (χ0v) is 13.6. The molecule has 3 saturated carbocycles. The van der Waals surface area contributed by atoms with Crippen LogP contribution in [0.2, 0.25) is 0 Å². The van der Waals surface area contributed by atoms with E-state index in [4.69, 9.17) is 0 Å². The van der Waals surface area contributed by atoms with Gasteiger partial charge in [0, 0.05) is 31.0 Å². The SMILES string of the molecule is C[C@H]1C[C@@H]2[C@@H](CC(=O)N2C2CC2)[C@@H]1CNC(=O)C1CCCC1. The molecule has 4 aliphatic rings. The lowest BCUT2D eigenvalue weighted by Gasteiger charge is -2.24. The predicted molar refractivity (Wildman–Crippen MR) is 84.0 cm³/mol. The molecule has 0 aromatic rings. The molecule has 0 spiro atoms. The molecule has 4 nitrogen and oxygen atoms in total. The summed E-state index contributed by atoms with van der Waals surface area (Å²) in [7, 11) is 0. The Balaban J connectivity index is 1.37. The number of hydrogen-bond acceptors (Lipinski definition) is 2. The van der Waals surface area contributed by atoms with Crippen LogP contribution in [0.25, 0.3) is 0 Å². The molecule has 4 rings (SSSR count). The molecule has 4 atom stereocenters. The fourth-order valence-corrected chi connectivity index (χ4v) is 5.27. The van der Waals surface area contributed by atoms with Crippen molar-refractivity contribution < 1.29 is 9.59 Å². The minimum Gasteiger partial charge on any atom is -0.356 e. The summed E-state index contributed by atoms with van der Waals surface area (Å²) in [6.07, 6.45) is 8.78. The maximum Gasteiger partial charge on any atom is 0.223 e. The van der Waals surface area contributed by atoms with Gasteiger partial charge in [-0.05, 0) is 49.9 Å². The van der Waals surface area contributed by atoms with Crippen molar-refractivity contribution in [3.8, 4) is 0 Å². The Morgan fingerprint density at radius 1 is 1.23 bits per heavy atom. The summed E-state index contributed by atoms with van der Waals surface area (Å²) in [5.74, 6) is 2.47. The van der Waals surface area contributed by atoms with Gasteiger partial charge in [-0.3, -0.25) is 9.59 Å². The molecule has 1 aliphatic heterocycles. The van der Waals surface area contributed by atoms with Gasteiger partial charge in [0.2, 0.25) is 11.8 Å². The van der Waals surface area contributed by atoms with Crippen molar-refractivity contribution in [1.82, 2.24) is 10.2 Å². The second kappa shape index (κ2) is 5.54. The number of nitrogens with one attached hydrogen (secondary N) is 1. The van der Waals surface area contributed by atoms with E-state index in [0.717, 1.165) is 32.2 Å². The van der Waals surface area contributed by atoms with Crippen molar-refractivity contribution in [3.63, 3.8) is 0 Å². The van der Waals surface area contributed by atoms with Gasteiger partial charge in [-0.1, -0.05) is 19.8 Å². The number of rotatable bonds is 4. The molecule has 0 bridgehead atoms. The third kappa shape index (κ3) is 2.44. The van der Waals surface area contributed by atoms with E-state index in [-0.39, 0.29) is 11.8 Å². The lowest BCUT2D eigenvalue weighted by Crippen LogP contribution is -2.37. The van der Waals surface area contributed by atoms with Crippen LogP contribution in [0.3, 0.4) is 0 Å². The third-order valence-corrected chi connectivity index (χ3v) is 6.62. The predicted octanol–water partition coefficient (Wildman–Crippen LogP) is 2.33. The molecule has 22 heavy (non-hydrogen) atoms. The Morgan fingerprint density at radius 2 is 1.95 bits per heavy atom. The lowest BCUT2D eigenvalue weighted by molar-refractivity contribution is -0.129. The normalized spacial score (nSPS) is 38.6. The van der Waals surface area contributed by atoms with Crippen LogP contribution in [0.5, 0.6) is 0 Å². The average molecular weight is 304 g/mol. The van der Waals surface area contributed by atoms with Crippen molar-refractivity contribution in [2.24, 2.45) is 23.7 Å². The Bertz CT molecular complexity index is 468. The molecular formula is C18H28N2O2. The number of fused-ring (bicyclic) bond motifs is 1. The highest BCUT2D eigenvalue weighted by Gasteiger charge is 2.53. The molecule has 122 valence electrons. The van der Waals surface area contributed by atoms with E-state index in [1.165, 1.54) is 25.7 Å². The van der Waals surface area contributed by atoms with Crippen LogP contribution in [0.4, 0.5) is 0 Å². The minimum atomic E-state index is 0.251. The molecular weight excluding hydrogens is 276 g/mol. The molecule has 2 amide bonds. The summed E-state index contributed by atoms with van der Waals surface area (Å²) in [5, 5.41) is 3.22. The van der Waals surface area contributed by atoms with Gasteiger partial charge in [-0.15, -0.1) is 0 Å². The van der Waals surface area contributed by atoms with E-state index in [0.29, 0.717) is 35.7 Å². The van der Waals surface area contributed by atoms with Crippen LogP contribution in [0.1, 0.15) is 58.3 Å². The summed E-state index contributed by atoms with van der Waals surface area (Å²) >= 11 is 0. The van der Waals surface area contributed by atoms with Gasteiger partial charge in [-0.25, -0.2) is 0 Å². The smallest absolute Gasteiger partial charge is 0.223 e. The second-order valence-corrected chi connectivity index (χ2v) is 8.07. The molecule has 1 heterocycles. The van der Waals surface area contributed by atoms with Gasteiger partial charge >= 0.3 is 0 Å². The molecule has 1 N–H and O–H groups in total. The van der Waals surface area contributed by atoms with E-state index in [2.05, 4.69) is 17.1 Å². The van der Waals surface area contributed by atoms with E-state index in [1.54, 1.807) is 0 Å². The molecule has 0 aromatic heterocycles. The average Bonchev–Trinajstić information content (AvgIpc) is 2.94. The van der Waals surface area contributed by atoms with Gasteiger partial charge in [0.25, 0.3) is 0 Å². The first-order chi connectivity index (χ1) is 10.6. The highest BCUT2D eigenvalue weighted by molar-refractivity contribution is 5.81. The Labute approximate surface area is 133 Å². The molecule has 4 fully saturated rings. The number of carbonyl (C=O) groups is 2. The highest BCUT2D eigenvalue weighted by Crippen LogP contribution is 2.49. The molecule has 0 unspecified atom stereocenters. The number of carbonyl (C=O) groups excluding carboxylic acids is 2. The van der Waals surface area contributed by atoms with E-state index >= 15 is 0 Å². The Morgan fingerprint density at radius 3 is 2.64 bits per heavy atom. The topological polar surface area (TPSA) is 49.4 Å². The van der Waals surface area contributed by atoms with Gasteiger partial charge < -0.3 is 10.2 Å². The van der Waals surface area contributed by atoms with Crippen LogP contribution in [-0.2, 0) is 9.59 Å². The van der Waals surface area contributed by atoms with Gasteiger partial charge in [0.15, 0.2) is 0 Å². The van der Waals surface area contributed by atoms with E-state index in [9.17, 15) is 9.59 Å². The Hall–Kier alpha value is -1.06. The van der Waals surface area contributed by atoms with Crippen LogP contribution in [0, 0.1) is 23.7 Å². The van der Waals surface area contributed by atoms with Crippen molar-refractivity contribution in [2.75, 3.05) is 6.54 Å². The van der Waals surface area contributed by atoms with Gasteiger partial charge in [0.05, 0.1) is 0 Å². The minimum absolute atomic E-state index is 0.251. The van der Waals surface area contributed by atoms with Crippen molar-refractivity contribution >= 4 is 11.8 Å². The maximum atomic E-state index is 12.3. The van der Waals surface area contributed by atoms with Crippen LogP contribution in [0.15, 0.2) is 0 Å². The monoisotopic (exact) mass is 304 g/mol. The first-order valence-corrected chi connectivity index (χ1v) is 9.24. The number of hydrogen-bond donors (Lipinski definition) is 1. The molecule has 4 heteroatoms. The summed E-state index contributed by atoms with van der Waals surface area (Å²) in [6, 6.07) is 1.00. The fourth-order valence-electron chi connectivity index (χ4n) is 5.27. The summed E-state index contributed by atoms with van der Waals surface area (Å²) < 4.78 is 0. The number of likely N-dealkylation sites (tertiary alicyclic amines) is 1. The lowest BCUT2D eigenvalue weighted by atomic mass is 9.88. The largest absolute Gasteiger partial charge is 0.356 e. The van der Waals surface area contributed by atoms with Crippen molar-refractivity contribution in [2.45, 2.75) is 70.4 Å². The van der Waals surface area contributed by atoms with Crippen LogP contribution < -0.4 is 5.32 Å². The quantitative estimate of drug-likeness (QED) is 0.866. The standard InChI is InChI=1S/C18H28N2O2/c1-11-8-16-14(9-17(21)20(16)13-6-7-13)15(11)10-19-18(22)12-4-2-3-5-12/h11-16H,2-10H2,1H3,(H,19,22)/t11-,14-,15+,16+/m0/s1. The van der Waals surface area contributed by atoms with Crippen LogP contribution >= 0.6 is 0 Å². The number of amides is 2. The first-order valence-electron chi connectivity index (χ1n) is 9.24. The Kier molecular flexibility index (Phi) is 3.66. The van der Waals surface area contributed by atoms with E-state index < -0.39 is 0 Å². The fraction of sp³-hybridized carbons (Fsp3) is 0.889. The maximum absolute atomic E-state index is 12.3. The summed E-state index contributed by atoms with van der Waals surface area (Å²) in [5.41, 5.74) is 0. The summed E-state index contributed by atoms with van der Waals surface area (Å²) in [6.45, 7) is 3.09. The van der Waals surface area contributed by atoms with Crippen molar-refractivity contribution in [3.05, 3.63) is 0 Å². The molecule has 1 saturated heterocycles.